The summed E-state index contributed by atoms with van der Waals surface area (Å²) in [6, 6.07) is 4.08. The summed E-state index contributed by atoms with van der Waals surface area (Å²) in [4.78, 5) is 55.6. The molecule has 33 heavy (non-hydrogen) atoms. The van der Waals surface area contributed by atoms with Crippen molar-refractivity contribution in [3.05, 3.63) is 59.8 Å². The zero-order chi connectivity index (χ0) is 23.5. The lowest BCUT2D eigenvalue weighted by molar-refractivity contribution is -0.136. The van der Waals surface area contributed by atoms with E-state index in [4.69, 9.17) is 0 Å². The van der Waals surface area contributed by atoms with Gasteiger partial charge in [-0.25, -0.2) is 0 Å². The van der Waals surface area contributed by atoms with Crippen molar-refractivity contribution in [2.24, 2.45) is 10.9 Å². The lowest BCUT2D eigenvalue weighted by Crippen LogP contribution is -2.52. The summed E-state index contributed by atoms with van der Waals surface area (Å²) in [5.41, 5.74) is 2.36. The van der Waals surface area contributed by atoms with Crippen LogP contribution in [0.15, 0.2) is 48.1 Å². The van der Waals surface area contributed by atoms with E-state index in [1.54, 1.807) is 30.5 Å². The first-order chi connectivity index (χ1) is 15.9. The molecule has 1 saturated heterocycles. The predicted octanol–water partition coefficient (Wildman–Crippen LogP) is 2.51. The summed E-state index contributed by atoms with van der Waals surface area (Å²) in [6.45, 7) is 5.97. The number of hydrogen-bond acceptors (Lipinski definition) is 5. The van der Waals surface area contributed by atoms with Crippen LogP contribution < -0.4 is 10.6 Å². The van der Waals surface area contributed by atoms with Crippen LogP contribution in [-0.4, -0.2) is 46.3 Å². The van der Waals surface area contributed by atoms with Gasteiger partial charge in [0, 0.05) is 30.3 Å². The molecule has 0 bridgehead atoms. The van der Waals surface area contributed by atoms with Gasteiger partial charge in [0.05, 0.1) is 11.8 Å². The van der Waals surface area contributed by atoms with Crippen LogP contribution >= 0.6 is 0 Å². The van der Waals surface area contributed by atoms with Crippen molar-refractivity contribution in [3.8, 4) is 0 Å². The lowest BCUT2D eigenvalue weighted by Gasteiger charge is -2.34. The van der Waals surface area contributed by atoms with Crippen molar-refractivity contribution in [3.63, 3.8) is 0 Å². The standard InChI is InChI=1S/C25H28N4O4/c1-3-12-26-19(4-2)22(15-6-5-7-15)28-23(31)16-8-9-18-17(13-16)14-29(25(18)33)20-10-11-21(30)27-24(20)32/h3-4,8-9,12-13,15,20,22H,2,5-7,10-11,14H2,1H3,(H,28,31)(H,27,30,32)/b12-3-,26-19+/t20?,22-/m1/s1. The molecule has 4 rings (SSSR count). The number of fused-ring (bicyclic) bond motifs is 1. The van der Waals surface area contributed by atoms with Gasteiger partial charge in [-0.05, 0) is 61.9 Å². The summed E-state index contributed by atoms with van der Waals surface area (Å²) >= 11 is 0. The van der Waals surface area contributed by atoms with E-state index in [1.165, 1.54) is 4.90 Å². The Bertz CT molecular complexity index is 1070. The number of rotatable bonds is 7. The summed E-state index contributed by atoms with van der Waals surface area (Å²) in [5, 5.41) is 5.41. The Morgan fingerprint density at radius 3 is 2.70 bits per heavy atom. The smallest absolute Gasteiger partial charge is 0.255 e. The number of nitrogens with one attached hydrogen (secondary N) is 2. The number of aliphatic imine (C=N–C) groups is 1. The summed E-state index contributed by atoms with van der Waals surface area (Å²) in [6.07, 6.45) is 8.88. The molecule has 0 aromatic heterocycles. The fraction of sp³-hybridized carbons (Fsp3) is 0.400. The van der Waals surface area contributed by atoms with Crippen molar-refractivity contribution in [2.75, 3.05) is 0 Å². The summed E-state index contributed by atoms with van der Waals surface area (Å²) in [7, 11) is 0. The highest BCUT2D eigenvalue weighted by atomic mass is 16.2. The molecule has 1 saturated carbocycles. The number of imide groups is 1. The minimum Gasteiger partial charge on any atom is -0.343 e. The number of nitrogens with zero attached hydrogens (tertiary/aromatic N) is 2. The Morgan fingerprint density at radius 2 is 2.06 bits per heavy atom. The van der Waals surface area contributed by atoms with Gasteiger partial charge in [-0.2, -0.15) is 0 Å². The fourth-order valence-corrected chi connectivity index (χ4v) is 4.57. The Labute approximate surface area is 192 Å². The highest BCUT2D eigenvalue weighted by Crippen LogP contribution is 2.31. The average Bonchev–Trinajstić information content (AvgIpc) is 3.08. The van der Waals surface area contributed by atoms with Crippen molar-refractivity contribution in [1.29, 1.82) is 0 Å². The molecule has 8 heteroatoms. The molecule has 1 aromatic carbocycles. The topological polar surface area (TPSA) is 108 Å². The normalized spacial score (nSPS) is 22.1. The van der Waals surface area contributed by atoms with Gasteiger partial charge >= 0.3 is 0 Å². The third-order valence-electron chi connectivity index (χ3n) is 6.59. The molecule has 8 nitrogen and oxygen atoms in total. The van der Waals surface area contributed by atoms with E-state index < -0.39 is 11.9 Å². The lowest BCUT2D eigenvalue weighted by atomic mass is 9.77. The van der Waals surface area contributed by atoms with Crippen LogP contribution in [-0.2, 0) is 16.1 Å². The maximum absolute atomic E-state index is 13.1. The van der Waals surface area contributed by atoms with E-state index in [0.29, 0.717) is 29.0 Å². The molecule has 0 radical (unpaired) electrons. The molecule has 2 atom stereocenters. The van der Waals surface area contributed by atoms with Gasteiger partial charge < -0.3 is 10.2 Å². The minimum atomic E-state index is -0.680. The number of hydrogen-bond donors (Lipinski definition) is 2. The van der Waals surface area contributed by atoms with Gasteiger partial charge in [0.25, 0.3) is 11.8 Å². The van der Waals surface area contributed by atoms with Crippen molar-refractivity contribution >= 4 is 29.3 Å². The quantitative estimate of drug-likeness (QED) is 0.494. The maximum Gasteiger partial charge on any atom is 0.255 e. The molecule has 172 valence electrons. The van der Waals surface area contributed by atoms with E-state index in [9.17, 15) is 19.2 Å². The molecule has 3 aliphatic rings. The molecule has 2 fully saturated rings. The molecule has 1 aliphatic carbocycles. The van der Waals surface area contributed by atoms with Crippen LogP contribution in [0.5, 0.6) is 0 Å². The van der Waals surface area contributed by atoms with Gasteiger partial charge in [0.15, 0.2) is 0 Å². The predicted molar refractivity (Wildman–Crippen MR) is 124 cm³/mol. The number of carbonyl (C=O) groups is 4. The van der Waals surface area contributed by atoms with E-state index in [1.807, 2.05) is 13.0 Å². The molecule has 0 spiro atoms. The minimum absolute atomic E-state index is 0.202. The monoisotopic (exact) mass is 448 g/mol. The second-order valence-electron chi connectivity index (χ2n) is 8.65. The van der Waals surface area contributed by atoms with E-state index >= 15 is 0 Å². The van der Waals surface area contributed by atoms with Crippen LogP contribution in [0.25, 0.3) is 0 Å². The fourth-order valence-electron chi connectivity index (χ4n) is 4.57. The molecule has 1 unspecified atom stereocenters. The number of piperidine rings is 1. The molecular formula is C25H28N4O4. The van der Waals surface area contributed by atoms with Gasteiger partial charge in [-0.15, -0.1) is 0 Å². The van der Waals surface area contributed by atoms with E-state index in [2.05, 4.69) is 22.2 Å². The van der Waals surface area contributed by atoms with E-state index in [0.717, 1.165) is 25.0 Å². The number of allylic oxidation sites excluding steroid dienone is 1. The summed E-state index contributed by atoms with van der Waals surface area (Å²) in [5.74, 6) is -0.957. The number of carbonyl (C=O) groups excluding carboxylic acids is 4. The van der Waals surface area contributed by atoms with Gasteiger partial charge in [-0.3, -0.25) is 29.5 Å². The molecule has 2 N–H and O–H groups in total. The Kier molecular flexibility index (Phi) is 6.53. The van der Waals surface area contributed by atoms with Crippen LogP contribution in [0.2, 0.25) is 0 Å². The van der Waals surface area contributed by atoms with Gasteiger partial charge in [0.1, 0.15) is 6.04 Å². The second kappa shape index (κ2) is 9.52. The highest BCUT2D eigenvalue weighted by Gasteiger charge is 2.39. The average molecular weight is 449 g/mol. The Hall–Kier alpha value is -3.55. The van der Waals surface area contributed by atoms with Crippen LogP contribution in [0, 0.1) is 5.92 Å². The molecular weight excluding hydrogens is 420 g/mol. The number of benzene rings is 1. The second-order valence-corrected chi connectivity index (χ2v) is 8.65. The number of amides is 4. The van der Waals surface area contributed by atoms with Crippen LogP contribution in [0.3, 0.4) is 0 Å². The van der Waals surface area contributed by atoms with Crippen LogP contribution in [0.4, 0.5) is 0 Å². The Balaban J connectivity index is 1.52. The van der Waals surface area contributed by atoms with Crippen LogP contribution in [0.1, 0.15) is 65.3 Å². The van der Waals surface area contributed by atoms with Crippen molar-refractivity contribution in [2.45, 2.75) is 57.7 Å². The Morgan fingerprint density at radius 1 is 1.27 bits per heavy atom. The third-order valence-corrected chi connectivity index (χ3v) is 6.59. The highest BCUT2D eigenvalue weighted by molar-refractivity contribution is 6.07. The largest absolute Gasteiger partial charge is 0.343 e. The zero-order valence-corrected chi connectivity index (χ0v) is 18.7. The molecule has 4 amide bonds. The van der Waals surface area contributed by atoms with Gasteiger partial charge in [0.2, 0.25) is 11.8 Å². The first kappa shape index (κ1) is 22.6. The van der Waals surface area contributed by atoms with Crippen molar-refractivity contribution < 1.29 is 19.2 Å². The molecule has 2 aliphatic heterocycles. The molecule has 1 aromatic rings. The SMILES string of the molecule is C=C/C(=N\C=C/C)[C@H](NC(=O)c1ccc2c(c1)CN(C1CCC(=O)NC1=O)C2=O)C1CCC1. The zero-order valence-electron chi connectivity index (χ0n) is 18.7. The van der Waals surface area contributed by atoms with E-state index in [-0.39, 0.29) is 36.7 Å². The maximum atomic E-state index is 13.1. The first-order valence-corrected chi connectivity index (χ1v) is 11.3. The van der Waals surface area contributed by atoms with Crippen molar-refractivity contribution in [1.82, 2.24) is 15.5 Å². The first-order valence-electron chi connectivity index (χ1n) is 11.3. The third kappa shape index (κ3) is 4.51. The molecule has 2 heterocycles. The summed E-state index contributed by atoms with van der Waals surface area (Å²) < 4.78 is 0. The van der Waals surface area contributed by atoms with Gasteiger partial charge in [-0.1, -0.05) is 19.1 Å².